The van der Waals surface area contributed by atoms with Gasteiger partial charge in [0.05, 0.1) is 18.3 Å². The van der Waals surface area contributed by atoms with Gasteiger partial charge in [-0.2, -0.15) is 0 Å². The summed E-state index contributed by atoms with van der Waals surface area (Å²) >= 11 is 0. The molecule has 0 aliphatic carbocycles. The Hall–Kier alpha value is -2.98. The highest BCUT2D eigenvalue weighted by atomic mass is 35.5. The number of carboxylic acids is 1. The van der Waals surface area contributed by atoms with Crippen LogP contribution in [0.5, 0.6) is 0 Å². The fourth-order valence-corrected chi connectivity index (χ4v) is 3.16. The number of amides is 2. The van der Waals surface area contributed by atoms with Crippen molar-refractivity contribution < 1.29 is 19.5 Å². The number of anilines is 1. The largest absolute Gasteiger partial charge is 0.476 e. The van der Waals surface area contributed by atoms with Crippen molar-refractivity contribution in [1.29, 1.82) is 0 Å². The van der Waals surface area contributed by atoms with Crippen molar-refractivity contribution in [2.45, 2.75) is 32.4 Å². The molecule has 0 bridgehead atoms. The number of nitrogens with one attached hydrogen (secondary N) is 3. The van der Waals surface area contributed by atoms with Gasteiger partial charge in [0.2, 0.25) is 5.91 Å². The van der Waals surface area contributed by atoms with Crippen molar-refractivity contribution in [1.82, 2.24) is 25.6 Å². The predicted octanol–water partition coefficient (Wildman–Crippen LogP) is 0.998. The van der Waals surface area contributed by atoms with Gasteiger partial charge in [-0.05, 0) is 38.0 Å². The Morgan fingerprint density at radius 1 is 1.34 bits per heavy atom. The van der Waals surface area contributed by atoms with Crippen LogP contribution in [0, 0.1) is 6.92 Å². The zero-order chi connectivity index (χ0) is 20.3. The summed E-state index contributed by atoms with van der Waals surface area (Å²) in [5.41, 5.74) is 1.65. The first kappa shape index (κ1) is 22.3. The maximum Gasteiger partial charge on any atom is 0.358 e. The molecule has 2 aromatic rings. The van der Waals surface area contributed by atoms with Crippen molar-refractivity contribution >= 4 is 35.9 Å². The minimum atomic E-state index is -1.14. The maximum atomic E-state index is 12.7. The number of halogens is 1. The molecule has 1 fully saturated rings. The summed E-state index contributed by atoms with van der Waals surface area (Å²) in [6.45, 7) is 4.62. The first-order valence-corrected chi connectivity index (χ1v) is 8.97. The molecular formula is C18H23ClN6O4. The zero-order valence-corrected chi connectivity index (χ0v) is 16.8. The summed E-state index contributed by atoms with van der Waals surface area (Å²) in [7, 11) is 0. The van der Waals surface area contributed by atoms with Crippen molar-refractivity contribution in [2.75, 3.05) is 18.4 Å². The molecule has 0 unspecified atom stereocenters. The third-order valence-electron chi connectivity index (χ3n) is 4.70. The molecule has 156 valence electrons. The second-order valence-corrected chi connectivity index (χ2v) is 6.57. The van der Waals surface area contributed by atoms with Gasteiger partial charge in [-0.1, -0.05) is 11.3 Å². The predicted molar refractivity (Wildman–Crippen MR) is 107 cm³/mol. The van der Waals surface area contributed by atoms with Crippen molar-refractivity contribution in [3.05, 3.63) is 41.2 Å². The number of carbonyl (C=O) groups excluding carboxylic acids is 2. The van der Waals surface area contributed by atoms with Crippen LogP contribution in [0.1, 0.15) is 45.8 Å². The fourth-order valence-electron chi connectivity index (χ4n) is 3.16. The van der Waals surface area contributed by atoms with Gasteiger partial charge in [0.25, 0.3) is 5.91 Å². The molecule has 29 heavy (non-hydrogen) atoms. The van der Waals surface area contributed by atoms with E-state index in [1.807, 2.05) is 6.92 Å². The Morgan fingerprint density at radius 3 is 2.76 bits per heavy atom. The van der Waals surface area contributed by atoms with Crippen LogP contribution in [-0.4, -0.2) is 57.0 Å². The standard InChI is InChI=1S/C18H22N6O4.ClH/c1-3-19-16(25)12-5-4-6-13(10(12)2)21-17(26)14-7-11(8-20-14)24-9-15(18(27)28)22-23-24;/h4-6,9,11,14,20H,3,7-8H2,1-2H3,(H,19,25)(H,21,26)(H,27,28);1H/t11-,14-;/m0./s1. The van der Waals surface area contributed by atoms with Crippen LogP contribution in [0.25, 0.3) is 0 Å². The molecule has 0 spiro atoms. The van der Waals surface area contributed by atoms with Gasteiger partial charge >= 0.3 is 5.97 Å². The van der Waals surface area contributed by atoms with Crippen LogP contribution in [0.3, 0.4) is 0 Å². The monoisotopic (exact) mass is 422 g/mol. The van der Waals surface area contributed by atoms with E-state index in [2.05, 4.69) is 26.3 Å². The second kappa shape index (κ2) is 9.48. The first-order valence-electron chi connectivity index (χ1n) is 8.97. The lowest BCUT2D eigenvalue weighted by Crippen LogP contribution is -2.35. The van der Waals surface area contributed by atoms with Crippen LogP contribution in [-0.2, 0) is 4.79 Å². The van der Waals surface area contributed by atoms with E-state index in [0.717, 1.165) is 0 Å². The van der Waals surface area contributed by atoms with Gasteiger partial charge in [-0.25, -0.2) is 9.48 Å². The Balaban J connectivity index is 0.00000300. The van der Waals surface area contributed by atoms with E-state index < -0.39 is 12.0 Å². The van der Waals surface area contributed by atoms with Gasteiger partial charge < -0.3 is 21.1 Å². The summed E-state index contributed by atoms with van der Waals surface area (Å²) in [6.07, 6.45) is 1.80. The minimum absolute atomic E-state index is 0. The highest BCUT2D eigenvalue weighted by molar-refractivity contribution is 6.00. The molecule has 1 aliphatic heterocycles. The van der Waals surface area contributed by atoms with Gasteiger partial charge in [0, 0.05) is 24.3 Å². The van der Waals surface area contributed by atoms with Crippen molar-refractivity contribution in [2.24, 2.45) is 0 Å². The first-order chi connectivity index (χ1) is 13.4. The SMILES string of the molecule is CCNC(=O)c1cccc(NC(=O)[C@@H]2C[C@H](n3cc(C(=O)O)nn3)CN2)c1C.Cl. The minimum Gasteiger partial charge on any atom is -0.476 e. The Labute approximate surface area is 173 Å². The summed E-state index contributed by atoms with van der Waals surface area (Å²) in [4.78, 5) is 35.7. The molecule has 4 N–H and O–H groups in total. The number of carbonyl (C=O) groups is 3. The van der Waals surface area contributed by atoms with Gasteiger partial charge in [-0.15, -0.1) is 17.5 Å². The second-order valence-electron chi connectivity index (χ2n) is 6.57. The number of hydrogen-bond donors (Lipinski definition) is 4. The van der Waals surface area contributed by atoms with E-state index in [-0.39, 0.29) is 36.0 Å². The Morgan fingerprint density at radius 2 is 2.10 bits per heavy atom. The molecule has 0 radical (unpaired) electrons. The van der Waals surface area contributed by atoms with E-state index >= 15 is 0 Å². The summed E-state index contributed by atoms with van der Waals surface area (Å²) in [6, 6.07) is 4.55. The number of aromatic nitrogens is 3. The molecule has 1 aromatic heterocycles. The van der Waals surface area contributed by atoms with Crippen LogP contribution < -0.4 is 16.0 Å². The Bertz CT molecular complexity index is 916. The number of nitrogens with zero attached hydrogens (tertiary/aromatic N) is 3. The van der Waals surface area contributed by atoms with Crippen molar-refractivity contribution in [3.8, 4) is 0 Å². The molecule has 10 nitrogen and oxygen atoms in total. The molecule has 2 amide bonds. The van der Waals surface area contributed by atoms with E-state index in [9.17, 15) is 14.4 Å². The number of aromatic carboxylic acids is 1. The third kappa shape index (κ3) is 4.90. The molecule has 1 saturated heterocycles. The summed E-state index contributed by atoms with van der Waals surface area (Å²) in [5, 5.41) is 25.1. The molecule has 2 atom stereocenters. The average molecular weight is 423 g/mol. The van der Waals surface area contributed by atoms with Crippen LogP contribution in [0.4, 0.5) is 5.69 Å². The average Bonchev–Trinajstić information content (AvgIpc) is 3.33. The molecular weight excluding hydrogens is 400 g/mol. The Kier molecular flexibility index (Phi) is 7.29. The van der Waals surface area contributed by atoms with Crippen LogP contribution in [0.15, 0.2) is 24.4 Å². The van der Waals surface area contributed by atoms with Gasteiger partial charge in [0.1, 0.15) is 0 Å². The zero-order valence-electron chi connectivity index (χ0n) is 16.0. The normalized spacial score (nSPS) is 18.0. The van der Waals surface area contributed by atoms with E-state index in [4.69, 9.17) is 5.11 Å². The van der Waals surface area contributed by atoms with Crippen molar-refractivity contribution in [3.63, 3.8) is 0 Å². The third-order valence-corrected chi connectivity index (χ3v) is 4.70. The molecule has 0 saturated carbocycles. The summed E-state index contributed by atoms with van der Waals surface area (Å²) in [5.74, 6) is -1.55. The van der Waals surface area contributed by atoms with Gasteiger partial charge in [-0.3, -0.25) is 9.59 Å². The van der Waals surface area contributed by atoms with E-state index in [1.54, 1.807) is 25.1 Å². The molecule has 11 heteroatoms. The smallest absolute Gasteiger partial charge is 0.358 e. The lowest BCUT2D eigenvalue weighted by Gasteiger charge is -2.15. The maximum absolute atomic E-state index is 12.7. The number of rotatable bonds is 6. The molecule has 1 aliphatic rings. The molecule has 1 aromatic carbocycles. The van der Waals surface area contributed by atoms with E-state index in [1.165, 1.54) is 10.9 Å². The topological polar surface area (TPSA) is 138 Å². The number of carboxylic acid groups (broad SMARTS) is 1. The van der Waals surface area contributed by atoms with Gasteiger partial charge in [0.15, 0.2) is 5.69 Å². The highest BCUT2D eigenvalue weighted by Crippen LogP contribution is 2.23. The molecule has 2 heterocycles. The highest BCUT2D eigenvalue weighted by Gasteiger charge is 2.32. The lowest BCUT2D eigenvalue weighted by molar-refractivity contribution is -0.117. The van der Waals surface area contributed by atoms with Crippen LogP contribution >= 0.6 is 12.4 Å². The lowest BCUT2D eigenvalue weighted by atomic mass is 10.1. The molecule has 3 rings (SSSR count). The summed E-state index contributed by atoms with van der Waals surface area (Å²) < 4.78 is 1.46. The quantitative estimate of drug-likeness (QED) is 0.544. The van der Waals surface area contributed by atoms with E-state index in [0.29, 0.717) is 36.3 Å². The fraction of sp³-hybridized carbons (Fsp3) is 0.389. The number of hydrogen-bond acceptors (Lipinski definition) is 6. The number of benzene rings is 1. The van der Waals surface area contributed by atoms with Crippen LogP contribution in [0.2, 0.25) is 0 Å².